The first-order valence-corrected chi connectivity index (χ1v) is 5.17. The van der Waals surface area contributed by atoms with Crippen molar-refractivity contribution in [2.24, 2.45) is 0 Å². The molecule has 0 bridgehead atoms. The molecule has 0 saturated heterocycles. The molecule has 3 nitrogen and oxygen atoms in total. The smallest absolute Gasteiger partial charge is 0.406 e. The number of aromatic hydroxyl groups is 2. The van der Waals surface area contributed by atoms with E-state index in [0.717, 1.165) is 0 Å². The third-order valence-corrected chi connectivity index (χ3v) is 2.96. The first-order chi connectivity index (χ1) is 7.84. The molecule has 3 N–H and O–H groups in total. The van der Waals surface area contributed by atoms with E-state index in [4.69, 9.17) is 5.11 Å². The predicted octanol–water partition coefficient (Wildman–Crippen LogP) is 2.28. The van der Waals surface area contributed by atoms with Crippen LogP contribution in [-0.2, 0) is 6.54 Å². The highest BCUT2D eigenvalue weighted by Gasteiger charge is 2.62. The fraction of sp³-hybridized carbons (Fsp3) is 0.455. The molecule has 17 heavy (non-hydrogen) atoms. The van der Waals surface area contributed by atoms with Gasteiger partial charge in [-0.05, 0) is 30.5 Å². The van der Waals surface area contributed by atoms with Crippen LogP contribution in [-0.4, -0.2) is 21.9 Å². The second-order valence-electron chi connectivity index (χ2n) is 4.26. The van der Waals surface area contributed by atoms with Crippen molar-refractivity contribution in [1.82, 2.24) is 5.32 Å². The van der Waals surface area contributed by atoms with Gasteiger partial charge in [0.25, 0.3) is 0 Å². The molecule has 1 aliphatic rings. The molecular weight excluding hydrogens is 235 g/mol. The van der Waals surface area contributed by atoms with Crippen LogP contribution >= 0.6 is 0 Å². The quantitative estimate of drug-likeness (QED) is 0.718. The summed E-state index contributed by atoms with van der Waals surface area (Å²) in [5.41, 5.74) is -1.27. The molecule has 1 aromatic carbocycles. The average molecular weight is 247 g/mol. The van der Waals surface area contributed by atoms with Crippen molar-refractivity contribution in [1.29, 1.82) is 0 Å². The van der Waals surface area contributed by atoms with Crippen LogP contribution in [0.3, 0.4) is 0 Å². The molecule has 0 aliphatic heterocycles. The van der Waals surface area contributed by atoms with E-state index < -0.39 is 11.7 Å². The summed E-state index contributed by atoms with van der Waals surface area (Å²) in [6.45, 7) is 0.00729. The lowest BCUT2D eigenvalue weighted by Gasteiger charge is -2.20. The normalized spacial score (nSPS) is 18.1. The standard InChI is InChI=1S/C11H12F3NO2/c12-11(13,14)10(3-4-10)15-6-7-1-2-8(16)9(17)5-7/h1-2,5,15-17H,3-4,6H2. The van der Waals surface area contributed by atoms with E-state index in [0.29, 0.717) is 5.56 Å². The Bertz CT molecular complexity index is 427. The molecule has 0 unspecified atom stereocenters. The Morgan fingerprint density at radius 2 is 1.82 bits per heavy atom. The first kappa shape index (κ1) is 12.0. The molecule has 1 saturated carbocycles. The number of alkyl halides is 3. The van der Waals surface area contributed by atoms with Crippen molar-refractivity contribution in [3.8, 4) is 11.5 Å². The van der Waals surface area contributed by atoms with Crippen LogP contribution in [0.4, 0.5) is 13.2 Å². The zero-order valence-corrected chi connectivity index (χ0v) is 8.88. The average Bonchev–Trinajstić information content (AvgIpc) is 3.00. The Morgan fingerprint density at radius 3 is 2.29 bits per heavy atom. The number of phenolic OH excluding ortho intramolecular Hbond substituents is 2. The lowest BCUT2D eigenvalue weighted by atomic mass is 10.1. The van der Waals surface area contributed by atoms with Crippen molar-refractivity contribution in [3.05, 3.63) is 23.8 Å². The molecule has 0 aromatic heterocycles. The predicted molar refractivity (Wildman–Crippen MR) is 54.6 cm³/mol. The summed E-state index contributed by atoms with van der Waals surface area (Å²) in [4.78, 5) is 0. The molecule has 1 aromatic rings. The van der Waals surface area contributed by atoms with Crippen molar-refractivity contribution < 1.29 is 23.4 Å². The molecule has 0 heterocycles. The van der Waals surface area contributed by atoms with E-state index in [1.165, 1.54) is 18.2 Å². The molecule has 2 rings (SSSR count). The zero-order valence-electron chi connectivity index (χ0n) is 8.88. The molecule has 1 aliphatic carbocycles. The second-order valence-corrected chi connectivity index (χ2v) is 4.26. The van der Waals surface area contributed by atoms with E-state index in [1.54, 1.807) is 0 Å². The Kier molecular flexibility index (Phi) is 2.69. The lowest BCUT2D eigenvalue weighted by molar-refractivity contribution is -0.166. The van der Waals surface area contributed by atoms with Crippen LogP contribution in [0.5, 0.6) is 11.5 Å². The number of benzene rings is 1. The Balaban J connectivity index is 2.01. The number of nitrogens with one attached hydrogen (secondary N) is 1. The molecule has 94 valence electrons. The largest absolute Gasteiger partial charge is 0.504 e. The highest BCUT2D eigenvalue weighted by Crippen LogP contribution is 2.49. The number of hydrogen-bond acceptors (Lipinski definition) is 3. The van der Waals surface area contributed by atoms with E-state index in [-0.39, 0.29) is 30.9 Å². The summed E-state index contributed by atoms with van der Waals surface area (Å²) in [6.07, 6.45) is -4.08. The molecular formula is C11H12F3NO2. The summed E-state index contributed by atoms with van der Waals surface area (Å²) in [5, 5.41) is 20.7. The monoisotopic (exact) mass is 247 g/mol. The summed E-state index contributed by atoms with van der Waals surface area (Å²) in [7, 11) is 0. The summed E-state index contributed by atoms with van der Waals surface area (Å²) in [5.74, 6) is -0.619. The minimum absolute atomic E-state index is 0.00729. The lowest BCUT2D eigenvalue weighted by Crippen LogP contribution is -2.44. The van der Waals surface area contributed by atoms with E-state index in [1.807, 2.05) is 0 Å². The molecule has 6 heteroatoms. The SMILES string of the molecule is Oc1ccc(CNC2(C(F)(F)F)CC2)cc1O. The van der Waals surface area contributed by atoms with Crippen LogP contribution < -0.4 is 5.32 Å². The summed E-state index contributed by atoms with van der Waals surface area (Å²) in [6, 6.07) is 3.96. The minimum atomic E-state index is -4.24. The van der Waals surface area contributed by atoms with Crippen molar-refractivity contribution in [2.75, 3.05) is 0 Å². The fourth-order valence-corrected chi connectivity index (χ4v) is 1.64. The van der Waals surface area contributed by atoms with Crippen LogP contribution in [0.2, 0.25) is 0 Å². The maximum absolute atomic E-state index is 12.6. The number of hydrogen-bond donors (Lipinski definition) is 3. The fourth-order valence-electron chi connectivity index (χ4n) is 1.64. The van der Waals surface area contributed by atoms with Crippen LogP contribution in [0.15, 0.2) is 18.2 Å². The minimum Gasteiger partial charge on any atom is -0.504 e. The second kappa shape index (κ2) is 3.80. The highest BCUT2D eigenvalue weighted by molar-refractivity contribution is 5.40. The van der Waals surface area contributed by atoms with Crippen LogP contribution in [0, 0.1) is 0 Å². The highest BCUT2D eigenvalue weighted by atomic mass is 19.4. The summed E-state index contributed by atoms with van der Waals surface area (Å²) >= 11 is 0. The van der Waals surface area contributed by atoms with Gasteiger partial charge in [0, 0.05) is 6.54 Å². The third-order valence-electron chi connectivity index (χ3n) is 2.96. The first-order valence-electron chi connectivity index (χ1n) is 5.17. The van der Waals surface area contributed by atoms with Gasteiger partial charge in [0.2, 0.25) is 0 Å². The Morgan fingerprint density at radius 1 is 1.18 bits per heavy atom. The zero-order chi connectivity index (χ0) is 12.7. The van der Waals surface area contributed by atoms with Crippen molar-refractivity contribution in [2.45, 2.75) is 31.1 Å². The van der Waals surface area contributed by atoms with Gasteiger partial charge in [-0.15, -0.1) is 0 Å². The molecule has 0 atom stereocenters. The van der Waals surface area contributed by atoms with Gasteiger partial charge in [-0.2, -0.15) is 13.2 Å². The Hall–Kier alpha value is -1.43. The van der Waals surface area contributed by atoms with Gasteiger partial charge < -0.3 is 10.2 Å². The van der Waals surface area contributed by atoms with Gasteiger partial charge in [-0.25, -0.2) is 0 Å². The van der Waals surface area contributed by atoms with Crippen molar-refractivity contribution >= 4 is 0 Å². The molecule has 0 amide bonds. The molecule has 0 radical (unpaired) electrons. The number of rotatable bonds is 3. The molecule has 0 spiro atoms. The van der Waals surface area contributed by atoms with Gasteiger partial charge in [-0.3, -0.25) is 5.32 Å². The van der Waals surface area contributed by atoms with Crippen LogP contribution in [0.1, 0.15) is 18.4 Å². The number of halogens is 3. The van der Waals surface area contributed by atoms with Gasteiger partial charge in [0.15, 0.2) is 11.5 Å². The summed E-state index contributed by atoms with van der Waals surface area (Å²) < 4.78 is 37.8. The van der Waals surface area contributed by atoms with Gasteiger partial charge in [0.05, 0.1) is 0 Å². The van der Waals surface area contributed by atoms with E-state index >= 15 is 0 Å². The number of phenols is 2. The maximum Gasteiger partial charge on any atom is 0.406 e. The van der Waals surface area contributed by atoms with Crippen molar-refractivity contribution in [3.63, 3.8) is 0 Å². The molecule has 1 fully saturated rings. The third kappa shape index (κ3) is 2.31. The maximum atomic E-state index is 12.6. The van der Waals surface area contributed by atoms with E-state index in [2.05, 4.69) is 5.32 Å². The van der Waals surface area contributed by atoms with Crippen LogP contribution in [0.25, 0.3) is 0 Å². The Labute approximate surface area is 95.9 Å². The topological polar surface area (TPSA) is 52.5 Å². The van der Waals surface area contributed by atoms with E-state index in [9.17, 15) is 18.3 Å². The van der Waals surface area contributed by atoms with Gasteiger partial charge in [0.1, 0.15) is 5.54 Å². The van der Waals surface area contributed by atoms with Gasteiger partial charge in [-0.1, -0.05) is 6.07 Å². The van der Waals surface area contributed by atoms with Gasteiger partial charge >= 0.3 is 6.18 Å².